The minimum atomic E-state index is -4.15. The van der Waals surface area contributed by atoms with Crippen LogP contribution in [0.1, 0.15) is 11.3 Å². The summed E-state index contributed by atoms with van der Waals surface area (Å²) in [5, 5.41) is 0. The normalized spacial score (nSPS) is 11.8. The third kappa shape index (κ3) is 3.63. The van der Waals surface area contributed by atoms with E-state index >= 15 is 0 Å². The molecule has 9 heteroatoms. The summed E-state index contributed by atoms with van der Waals surface area (Å²) in [6, 6.07) is 1.90. The number of rotatable bonds is 6. The van der Waals surface area contributed by atoms with E-state index in [4.69, 9.17) is 5.73 Å². The number of hydrogen-bond donors (Lipinski definition) is 3. The topological polar surface area (TPSA) is 101 Å². The Bertz CT molecular complexity index is 717. The summed E-state index contributed by atoms with van der Waals surface area (Å²) >= 11 is 0. The molecule has 2 rings (SSSR count). The van der Waals surface area contributed by atoms with Crippen molar-refractivity contribution in [1.82, 2.24) is 14.7 Å². The monoisotopic (exact) mass is 316 g/mol. The van der Waals surface area contributed by atoms with E-state index < -0.39 is 26.6 Å². The summed E-state index contributed by atoms with van der Waals surface area (Å²) in [5.74, 6) is -2.66. The lowest BCUT2D eigenvalue weighted by Crippen LogP contribution is -2.27. The van der Waals surface area contributed by atoms with Crippen LogP contribution in [0, 0.1) is 11.6 Å². The molecule has 4 N–H and O–H groups in total. The zero-order valence-electron chi connectivity index (χ0n) is 10.9. The summed E-state index contributed by atoms with van der Waals surface area (Å²) in [6.45, 7) is -0.0632. The lowest BCUT2D eigenvalue weighted by atomic mass is 10.2. The number of sulfonamides is 1. The molecule has 0 saturated carbocycles. The maximum absolute atomic E-state index is 13.7. The van der Waals surface area contributed by atoms with Crippen LogP contribution in [0.4, 0.5) is 8.78 Å². The highest BCUT2D eigenvalue weighted by Crippen LogP contribution is 2.19. The number of imidazole rings is 1. The Morgan fingerprint density at radius 1 is 1.33 bits per heavy atom. The van der Waals surface area contributed by atoms with Crippen molar-refractivity contribution >= 4 is 10.0 Å². The summed E-state index contributed by atoms with van der Waals surface area (Å²) in [5.41, 5.74) is 6.25. The molecule has 1 heterocycles. The maximum atomic E-state index is 13.7. The van der Waals surface area contributed by atoms with E-state index in [1.54, 1.807) is 6.20 Å². The molecule has 1 aromatic carbocycles. The van der Waals surface area contributed by atoms with Crippen LogP contribution in [0.5, 0.6) is 0 Å². The summed E-state index contributed by atoms with van der Waals surface area (Å²) in [7, 11) is -4.15. The lowest BCUT2D eigenvalue weighted by molar-refractivity contribution is 0.481. The molecule has 0 atom stereocenters. The molecule has 114 valence electrons. The van der Waals surface area contributed by atoms with E-state index in [9.17, 15) is 17.2 Å². The van der Waals surface area contributed by atoms with Crippen LogP contribution >= 0.6 is 0 Å². The molecule has 0 unspecified atom stereocenters. The molecule has 0 saturated heterocycles. The highest BCUT2D eigenvalue weighted by molar-refractivity contribution is 7.89. The molecule has 21 heavy (non-hydrogen) atoms. The van der Waals surface area contributed by atoms with Crippen LogP contribution in [0.15, 0.2) is 29.6 Å². The molecule has 0 aliphatic rings. The summed E-state index contributed by atoms with van der Waals surface area (Å²) in [6.07, 6.45) is 3.35. The number of nitrogens with two attached hydrogens (primary N) is 1. The van der Waals surface area contributed by atoms with Crippen LogP contribution in [0.2, 0.25) is 0 Å². The van der Waals surface area contributed by atoms with Crippen molar-refractivity contribution in [1.29, 1.82) is 0 Å². The van der Waals surface area contributed by atoms with Crippen LogP contribution in [-0.2, 0) is 23.0 Å². The summed E-state index contributed by atoms with van der Waals surface area (Å²) in [4.78, 5) is 5.85. The van der Waals surface area contributed by atoms with Gasteiger partial charge in [-0.3, -0.25) is 0 Å². The largest absolute Gasteiger partial charge is 0.348 e. The van der Waals surface area contributed by atoms with E-state index in [-0.39, 0.29) is 18.7 Å². The van der Waals surface area contributed by atoms with E-state index in [2.05, 4.69) is 14.7 Å². The van der Waals surface area contributed by atoms with E-state index in [1.165, 1.54) is 6.33 Å². The van der Waals surface area contributed by atoms with Crippen molar-refractivity contribution in [2.24, 2.45) is 5.73 Å². The highest BCUT2D eigenvalue weighted by Gasteiger charge is 2.22. The van der Waals surface area contributed by atoms with Crippen LogP contribution in [0.25, 0.3) is 0 Å². The first-order chi connectivity index (χ1) is 9.94. The van der Waals surface area contributed by atoms with E-state index in [0.29, 0.717) is 6.42 Å². The fraction of sp³-hybridized carbons (Fsp3) is 0.250. The second-order valence-electron chi connectivity index (χ2n) is 4.32. The number of nitrogens with zero attached hydrogens (tertiary/aromatic N) is 1. The van der Waals surface area contributed by atoms with Gasteiger partial charge in [0.05, 0.1) is 6.33 Å². The fourth-order valence-corrected chi connectivity index (χ4v) is 2.92. The fourth-order valence-electron chi connectivity index (χ4n) is 1.75. The van der Waals surface area contributed by atoms with Gasteiger partial charge in [-0.2, -0.15) is 0 Å². The molecule has 2 aromatic rings. The molecule has 0 spiro atoms. The number of nitrogens with one attached hydrogen (secondary N) is 2. The van der Waals surface area contributed by atoms with Gasteiger partial charge in [-0.15, -0.1) is 0 Å². The molecule has 0 bridgehead atoms. The number of H-pyrrole nitrogens is 1. The van der Waals surface area contributed by atoms with Gasteiger partial charge in [-0.05, 0) is 17.7 Å². The number of benzene rings is 1. The maximum Gasteiger partial charge on any atom is 0.243 e. The Labute approximate surface area is 120 Å². The smallest absolute Gasteiger partial charge is 0.243 e. The van der Waals surface area contributed by atoms with Crippen molar-refractivity contribution in [2.45, 2.75) is 17.9 Å². The molecule has 0 amide bonds. The van der Waals surface area contributed by atoms with Crippen molar-refractivity contribution < 1.29 is 17.2 Å². The Morgan fingerprint density at radius 2 is 2.10 bits per heavy atom. The predicted octanol–water partition coefficient (Wildman–Crippen LogP) is 0.668. The van der Waals surface area contributed by atoms with Gasteiger partial charge < -0.3 is 10.7 Å². The van der Waals surface area contributed by atoms with Crippen molar-refractivity contribution in [3.05, 3.63) is 47.5 Å². The molecule has 0 radical (unpaired) electrons. The van der Waals surface area contributed by atoms with Crippen LogP contribution in [-0.4, -0.2) is 24.9 Å². The van der Waals surface area contributed by atoms with Crippen LogP contribution in [0.3, 0.4) is 0 Å². The first-order valence-electron chi connectivity index (χ1n) is 6.09. The third-order valence-corrected chi connectivity index (χ3v) is 4.28. The Morgan fingerprint density at radius 3 is 2.71 bits per heavy atom. The van der Waals surface area contributed by atoms with Gasteiger partial charge in [0, 0.05) is 31.4 Å². The van der Waals surface area contributed by atoms with Crippen molar-refractivity contribution in [3.8, 4) is 0 Å². The second kappa shape index (κ2) is 6.29. The average Bonchev–Trinajstić information content (AvgIpc) is 2.94. The molecule has 0 aliphatic heterocycles. The Hall–Kier alpha value is -1.84. The van der Waals surface area contributed by atoms with Crippen LogP contribution < -0.4 is 10.5 Å². The second-order valence-corrected chi connectivity index (χ2v) is 6.05. The van der Waals surface area contributed by atoms with Gasteiger partial charge in [0.15, 0.2) is 11.6 Å². The minimum absolute atomic E-state index is 0.0262. The van der Waals surface area contributed by atoms with E-state index in [0.717, 1.165) is 17.8 Å². The van der Waals surface area contributed by atoms with Gasteiger partial charge in [0.25, 0.3) is 0 Å². The first kappa shape index (κ1) is 15.5. The van der Waals surface area contributed by atoms with Gasteiger partial charge in [-0.1, -0.05) is 0 Å². The number of halogens is 2. The van der Waals surface area contributed by atoms with E-state index in [1.807, 2.05) is 0 Å². The van der Waals surface area contributed by atoms with Gasteiger partial charge in [-0.25, -0.2) is 26.9 Å². The lowest BCUT2D eigenvalue weighted by Gasteiger charge is -2.09. The SMILES string of the molecule is NCc1cc(F)c(F)c(S(=O)(=O)NCCc2cnc[nH]2)c1. The standard InChI is InChI=1S/C12H14F2N4O2S/c13-10-3-8(5-15)4-11(12(10)14)21(19,20)18-2-1-9-6-16-7-17-9/h3-4,6-7,18H,1-2,5,15H2,(H,16,17). The number of aromatic nitrogens is 2. The molecular formula is C12H14F2N4O2S. The Kier molecular flexibility index (Phi) is 4.66. The quantitative estimate of drug-likeness (QED) is 0.729. The molecule has 6 nitrogen and oxygen atoms in total. The number of aromatic amines is 1. The zero-order chi connectivity index (χ0) is 15.5. The van der Waals surface area contributed by atoms with Gasteiger partial charge >= 0.3 is 0 Å². The number of hydrogen-bond acceptors (Lipinski definition) is 4. The zero-order valence-corrected chi connectivity index (χ0v) is 11.8. The highest BCUT2D eigenvalue weighted by atomic mass is 32.2. The molecular weight excluding hydrogens is 302 g/mol. The van der Waals surface area contributed by atoms with Gasteiger partial charge in [0.2, 0.25) is 10.0 Å². The minimum Gasteiger partial charge on any atom is -0.348 e. The predicted molar refractivity (Wildman–Crippen MR) is 71.7 cm³/mol. The first-order valence-corrected chi connectivity index (χ1v) is 7.57. The Balaban J connectivity index is 2.17. The van der Waals surface area contributed by atoms with Crippen molar-refractivity contribution in [2.75, 3.05) is 6.54 Å². The molecule has 0 fully saturated rings. The molecule has 1 aromatic heterocycles. The third-order valence-electron chi connectivity index (χ3n) is 2.82. The molecule has 0 aliphatic carbocycles. The average molecular weight is 316 g/mol. The van der Waals surface area contributed by atoms with Gasteiger partial charge in [0.1, 0.15) is 4.90 Å². The summed E-state index contributed by atoms with van der Waals surface area (Å²) < 4.78 is 53.3. The van der Waals surface area contributed by atoms with Crippen molar-refractivity contribution in [3.63, 3.8) is 0 Å².